The number of carbonyl (C=O) groups is 1. The first-order valence-electron chi connectivity index (χ1n) is 9.76. The van der Waals surface area contributed by atoms with Crippen LogP contribution in [0.15, 0.2) is 18.2 Å². The third-order valence-electron chi connectivity index (χ3n) is 5.77. The summed E-state index contributed by atoms with van der Waals surface area (Å²) >= 11 is 7.58. The van der Waals surface area contributed by atoms with Gasteiger partial charge in [0.15, 0.2) is 10.9 Å². The number of rotatable bonds is 1. The van der Waals surface area contributed by atoms with Gasteiger partial charge in [-0.15, -0.1) is 0 Å². The lowest BCUT2D eigenvalue weighted by atomic mass is 9.95. The minimum Gasteiger partial charge on any atom is -0.491 e. The second kappa shape index (κ2) is 7.35. The number of hydrogen-bond donors (Lipinski definition) is 1. The molecule has 1 fully saturated rings. The van der Waals surface area contributed by atoms with Crippen molar-refractivity contribution < 1.29 is 18.3 Å². The zero-order valence-electron chi connectivity index (χ0n) is 15.9. The van der Waals surface area contributed by atoms with Gasteiger partial charge in [-0.25, -0.2) is 13.8 Å². The number of anilines is 1. The van der Waals surface area contributed by atoms with E-state index in [-0.39, 0.29) is 49.2 Å². The van der Waals surface area contributed by atoms with Gasteiger partial charge in [0.1, 0.15) is 11.6 Å². The highest BCUT2D eigenvalue weighted by Gasteiger charge is 2.34. The molecule has 2 N–H and O–H groups in total. The molecule has 0 spiro atoms. The number of hydrogen-bond acceptors (Lipinski definition) is 5. The van der Waals surface area contributed by atoms with Crippen molar-refractivity contribution in [2.45, 2.75) is 31.7 Å². The lowest BCUT2D eigenvalue weighted by molar-refractivity contribution is 0.0548. The average Bonchev–Trinajstić information content (AvgIpc) is 3.12. The van der Waals surface area contributed by atoms with Crippen LogP contribution in [0.3, 0.4) is 0 Å². The summed E-state index contributed by atoms with van der Waals surface area (Å²) in [6.45, 7) is 1.01. The van der Waals surface area contributed by atoms with Crippen molar-refractivity contribution in [3.63, 3.8) is 0 Å². The van der Waals surface area contributed by atoms with Crippen LogP contribution in [0.5, 0.6) is 5.75 Å². The second-order valence-electron chi connectivity index (χ2n) is 7.53. The van der Waals surface area contributed by atoms with Gasteiger partial charge in [-0.05, 0) is 37.5 Å². The summed E-state index contributed by atoms with van der Waals surface area (Å²) in [4.78, 5) is 19.1. The molecule has 0 aliphatic carbocycles. The first-order chi connectivity index (χ1) is 14.5. The maximum Gasteiger partial charge on any atom is 0.258 e. The van der Waals surface area contributed by atoms with E-state index >= 15 is 4.39 Å². The van der Waals surface area contributed by atoms with E-state index < -0.39 is 11.6 Å². The van der Waals surface area contributed by atoms with Gasteiger partial charge in [0.05, 0.1) is 27.4 Å². The van der Waals surface area contributed by atoms with Crippen molar-refractivity contribution in [2.24, 2.45) is 0 Å². The van der Waals surface area contributed by atoms with Crippen LogP contribution in [-0.4, -0.2) is 35.0 Å². The summed E-state index contributed by atoms with van der Waals surface area (Å²) < 4.78 is 35.6. The van der Waals surface area contributed by atoms with Crippen LogP contribution in [0.2, 0.25) is 5.02 Å². The topological polar surface area (TPSA) is 68.5 Å². The molecule has 156 valence electrons. The summed E-state index contributed by atoms with van der Waals surface area (Å²) in [7, 11) is 0. The van der Waals surface area contributed by atoms with Crippen molar-refractivity contribution >= 4 is 44.2 Å². The van der Waals surface area contributed by atoms with E-state index in [1.165, 1.54) is 18.2 Å². The molecule has 2 aliphatic rings. The predicted octanol–water partition coefficient (Wildman–Crippen LogP) is 5.25. The molecular formula is C21H18ClF2N3O2S. The number of nitrogen functional groups attached to an aromatic ring is 1. The molecule has 2 aromatic carbocycles. The summed E-state index contributed by atoms with van der Waals surface area (Å²) in [6.07, 6.45) is 3.59. The van der Waals surface area contributed by atoms with Crippen molar-refractivity contribution in [3.8, 4) is 16.9 Å². The first-order valence-corrected chi connectivity index (χ1v) is 11.0. The molecule has 0 radical (unpaired) electrons. The van der Waals surface area contributed by atoms with Gasteiger partial charge < -0.3 is 15.4 Å². The molecule has 1 amide bonds. The maximum atomic E-state index is 15.3. The zero-order chi connectivity index (χ0) is 21.0. The van der Waals surface area contributed by atoms with Crippen molar-refractivity contribution in [1.82, 2.24) is 9.88 Å². The minimum absolute atomic E-state index is 0.0201. The van der Waals surface area contributed by atoms with E-state index in [1.54, 1.807) is 4.90 Å². The molecule has 1 atom stereocenters. The first kappa shape index (κ1) is 19.5. The van der Waals surface area contributed by atoms with Gasteiger partial charge in [-0.3, -0.25) is 4.79 Å². The standard InChI is InChI=1S/C21H18ClF2N3O2S/c22-16-15(11-4-5-13(23)19-17(11)26-21(25)30-19)14(24)9-12-18(16)29-8-6-10-3-1-2-7-27(10)20(12)28/h4-5,9-10H,1-3,6-8H2,(H2,25,26)/t10-/m1/s1. The maximum absolute atomic E-state index is 15.3. The van der Waals surface area contributed by atoms with Crippen LogP contribution in [0.25, 0.3) is 21.3 Å². The molecular weight excluding hydrogens is 432 g/mol. The third-order valence-corrected chi connectivity index (χ3v) is 7.02. The Labute approximate surface area is 180 Å². The van der Waals surface area contributed by atoms with Crippen LogP contribution in [0.4, 0.5) is 13.9 Å². The number of amides is 1. The average molecular weight is 450 g/mol. The van der Waals surface area contributed by atoms with E-state index in [1.807, 2.05) is 0 Å². The van der Waals surface area contributed by atoms with Gasteiger partial charge in [0.2, 0.25) is 0 Å². The Morgan fingerprint density at radius 1 is 1.20 bits per heavy atom. The normalized spacial score (nSPS) is 19.1. The molecule has 0 bridgehead atoms. The number of piperidine rings is 1. The van der Waals surface area contributed by atoms with Gasteiger partial charge >= 0.3 is 0 Å². The third kappa shape index (κ3) is 3.01. The van der Waals surface area contributed by atoms with Gasteiger partial charge in [-0.1, -0.05) is 22.9 Å². The number of thiazole rings is 1. The number of benzene rings is 2. The number of aromatic nitrogens is 1. The molecule has 5 rings (SSSR count). The van der Waals surface area contributed by atoms with E-state index in [9.17, 15) is 9.18 Å². The molecule has 3 heterocycles. The minimum atomic E-state index is -0.690. The zero-order valence-corrected chi connectivity index (χ0v) is 17.5. The van der Waals surface area contributed by atoms with E-state index in [4.69, 9.17) is 22.1 Å². The number of carbonyl (C=O) groups excluding carboxylic acids is 1. The summed E-state index contributed by atoms with van der Waals surface area (Å²) in [6, 6.07) is 3.90. The highest BCUT2D eigenvalue weighted by atomic mass is 35.5. The molecule has 3 aromatic rings. The Bertz CT molecular complexity index is 1180. The fraction of sp³-hybridized carbons (Fsp3) is 0.333. The van der Waals surface area contributed by atoms with Gasteiger partial charge in [0, 0.05) is 30.1 Å². The van der Waals surface area contributed by atoms with Crippen LogP contribution in [-0.2, 0) is 0 Å². The Morgan fingerprint density at radius 2 is 2.03 bits per heavy atom. The largest absolute Gasteiger partial charge is 0.491 e. The Kier molecular flexibility index (Phi) is 4.78. The van der Waals surface area contributed by atoms with Gasteiger partial charge in [0.25, 0.3) is 5.91 Å². The smallest absolute Gasteiger partial charge is 0.258 e. The van der Waals surface area contributed by atoms with Crippen LogP contribution in [0.1, 0.15) is 36.0 Å². The van der Waals surface area contributed by atoms with E-state index in [2.05, 4.69) is 4.98 Å². The number of fused-ring (bicyclic) bond motifs is 3. The number of nitrogens with two attached hydrogens (primary N) is 1. The molecule has 0 unspecified atom stereocenters. The molecule has 30 heavy (non-hydrogen) atoms. The number of ether oxygens (including phenoxy) is 1. The fourth-order valence-electron chi connectivity index (χ4n) is 4.36. The monoisotopic (exact) mass is 449 g/mol. The van der Waals surface area contributed by atoms with Crippen LogP contribution in [0, 0.1) is 11.6 Å². The Hall–Kier alpha value is -2.45. The Balaban J connectivity index is 1.70. The van der Waals surface area contributed by atoms with Crippen molar-refractivity contribution in [3.05, 3.63) is 40.4 Å². The predicted molar refractivity (Wildman–Crippen MR) is 113 cm³/mol. The van der Waals surface area contributed by atoms with Crippen LogP contribution >= 0.6 is 22.9 Å². The SMILES string of the molecule is Nc1nc2c(-c3c(F)cc4c(c3Cl)OCC[C@H]3CCCCN3C4=O)ccc(F)c2s1. The highest BCUT2D eigenvalue weighted by molar-refractivity contribution is 7.22. The van der Waals surface area contributed by atoms with E-state index in [0.717, 1.165) is 30.6 Å². The molecule has 2 aliphatic heterocycles. The summed E-state index contributed by atoms with van der Waals surface area (Å²) in [5.74, 6) is -1.30. The summed E-state index contributed by atoms with van der Waals surface area (Å²) in [5.41, 5.74) is 6.42. The molecule has 1 saturated heterocycles. The quantitative estimate of drug-likeness (QED) is 0.550. The molecule has 0 saturated carbocycles. The Morgan fingerprint density at radius 3 is 2.87 bits per heavy atom. The van der Waals surface area contributed by atoms with Gasteiger partial charge in [-0.2, -0.15) is 0 Å². The second-order valence-corrected chi connectivity index (χ2v) is 8.94. The lowest BCUT2D eigenvalue weighted by Gasteiger charge is -2.37. The molecule has 9 heteroatoms. The van der Waals surface area contributed by atoms with Crippen LogP contribution < -0.4 is 10.5 Å². The van der Waals surface area contributed by atoms with Crippen molar-refractivity contribution in [1.29, 1.82) is 0 Å². The van der Waals surface area contributed by atoms with Crippen molar-refractivity contribution in [2.75, 3.05) is 18.9 Å². The molecule has 1 aromatic heterocycles. The number of halogens is 3. The molecule has 5 nitrogen and oxygen atoms in total. The fourth-order valence-corrected chi connectivity index (χ4v) is 5.47. The lowest BCUT2D eigenvalue weighted by Crippen LogP contribution is -2.45. The number of nitrogens with zero attached hydrogens (tertiary/aromatic N) is 2. The summed E-state index contributed by atoms with van der Waals surface area (Å²) in [5, 5.41) is 0.148. The van der Waals surface area contributed by atoms with E-state index in [0.29, 0.717) is 25.1 Å². The highest BCUT2D eigenvalue weighted by Crippen LogP contribution is 2.45.